The Hall–Kier alpha value is -1.97. The SMILES string of the molecule is Cc1cccc(CNc2cccc(C(F)(F)F)c2)c1. The van der Waals surface area contributed by atoms with Gasteiger partial charge in [0.05, 0.1) is 5.56 Å². The molecule has 0 fully saturated rings. The summed E-state index contributed by atoms with van der Waals surface area (Å²) in [4.78, 5) is 0. The molecule has 1 N–H and O–H groups in total. The second-order valence-electron chi connectivity index (χ2n) is 4.42. The summed E-state index contributed by atoms with van der Waals surface area (Å²) in [5.41, 5.74) is 2.00. The molecule has 0 spiro atoms. The van der Waals surface area contributed by atoms with Gasteiger partial charge in [-0.3, -0.25) is 0 Å². The standard InChI is InChI=1S/C15H14F3N/c1-11-4-2-5-12(8-11)10-19-14-7-3-6-13(9-14)15(16,17)18/h2-9,19H,10H2,1H3. The minimum atomic E-state index is -4.30. The fourth-order valence-electron chi connectivity index (χ4n) is 1.83. The third kappa shape index (κ3) is 3.74. The van der Waals surface area contributed by atoms with Crippen molar-refractivity contribution < 1.29 is 13.2 Å². The second-order valence-corrected chi connectivity index (χ2v) is 4.42. The normalized spacial score (nSPS) is 11.4. The van der Waals surface area contributed by atoms with Gasteiger partial charge < -0.3 is 5.32 Å². The maximum absolute atomic E-state index is 12.6. The number of hydrogen-bond acceptors (Lipinski definition) is 1. The minimum absolute atomic E-state index is 0.469. The van der Waals surface area contributed by atoms with Crippen LogP contribution < -0.4 is 5.32 Å². The van der Waals surface area contributed by atoms with E-state index in [2.05, 4.69) is 5.32 Å². The summed E-state index contributed by atoms with van der Waals surface area (Å²) in [7, 11) is 0. The van der Waals surface area contributed by atoms with E-state index in [4.69, 9.17) is 0 Å². The predicted octanol–water partition coefficient (Wildman–Crippen LogP) is 4.63. The van der Waals surface area contributed by atoms with Crippen LogP contribution in [0.2, 0.25) is 0 Å². The Labute approximate surface area is 110 Å². The quantitative estimate of drug-likeness (QED) is 0.853. The van der Waals surface area contributed by atoms with Crippen LogP contribution >= 0.6 is 0 Å². The molecule has 0 amide bonds. The zero-order chi connectivity index (χ0) is 13.9. The molecule has 0 bridgehead atoms. The maximum Gasteiger partial charge on any atom is 0.416 e. The van der Waals surface area contributed by atoms with Crippen LogP contribution in [0.15, 0.2) is 48.5 Å². The summed E-state index contributed by atoms with van der Waals surface area (Å²) in [5, 5.41) is 3.00. The van der Waals surface area contributed by atoms with E-state index in [0.717, 1.165) is 23.3 Å². The highest BCUT2D eigenvalue weighted by atomic mass is 19.4. The first-order chi connectivity index (χ1) is 8.95. The number of anilines is 1. The van der Waals surface area contributed by atoms with Crippen LogP contribution in [0, 0.1) is 6.92 Å². The molecule has 2 aromatic carbocycles. The molecule has 19 heavy (non-hydrogen) atoms. The van der Waals surface area contributed by atoms with Gasteiger partial charge in [-0.15, -0.1) is 0 Å². The van der Waals surface area contributed by atoms with Crippen LogP contribution in [0.4, 0.5) is 18.9 Å². The average Bonchev–Trinajstić information content (AvgIpc) is 2.36. The lowest BCUT2D eigenvalue weighted by atomic mass is 10.1. The number of halogens is 3. The van der Waals surface area contributed by atoms with Gasteiger partial charge in [0, 0.05) is 12.2 Å². The van der Waals surface area contributed by atoms with E-state index in [1.54, 1.807) is 6.07 Å². The number of benzene rings is 2. The monoisotopic (exact) mass is 265 g/mol. The number of rotatable bonds is 3. The van der Waals surface area contributed by atoms with Gasteiger partial charge in [-0.05, 0) is 30.7 Å². The second kappa shape index (κ2) is 5.34. The Morgan fingerprint density at radius 1 is 1.00 bits per heavy atom. The van der Waals surface area contributed by atoms with E-state index >= 15 is 0 Å². The van der Waals surface area contributed by atoms with Gasteiger partial charge in [-0.2, -0.15) is 13.2 Å². The number of alkyl halides is 3. The first kappa shape index (κ1) is 13.5. The zero-order valence-electron chi connectivity index (χ0n) is 10.5. The van der Waals surface area contributed by atoms with E-state index in [1.165, 1.54) is 6.07 Å². The molecule has 0 aromatic heterocycles. The molecule has 0 heterocycles. The van der Waals surface area contributed by atoms with Gasteiger partial charge in [0.2, 0.25) is 0 Å². The Balaban J connectivity index is 2.08. The van der Waals surface area contributed by atoms with Crippen molar-refractivity contribution in [3.63, 3.8) is 0 Å². The Kier molecular flexibility index (Phi) is 3.79. The number of nitrogens with one attached hydrogen (secondary N) is 1. The van der Waals surface area contributed by atoms with Crippen molar-refractivity contribution in [2.75, 3.05) is 5.32 Å². The van der Waals surface area contributed by atoms with Crippen molar-refractivity contribution in [2.45, 2.75) is 19.6 Å². The van der Waals surface area contributed by atoms with Crippen LogP contribution in [0.3, 0.4) is 0 Å². The molecule has 0 aliphatic carbocycles. The third-order valence-electron chi connectivity index (χ3n) is 2.77. The lowest BCUT2D eigenvalue weighted by Gasteiger charge is -2.11. The molecule has 0 aliphatic rings. The van der Waals surface area contributed by atoms with Crippen molar-refractivity contribution in [3.8, 4) is 0 Å². The topological polar surface area (TPSA) is 12.0 Å². The van der Waals surface area contributed by atoms with Crippen LogP contribution in [0.25, 0.3) is 0 Å². The maximum atomic E-state index is 12.6. The molecule has 0 aliphatic heterocycles. The number of hydrogen-bond donors (Lipinski definition) is 1. The summed E-state index contributed by atoms with van der Waals surface area (Å²) >= 11 is 0. The highest BCUT2D eigenvalue weighted by molar-refractivity contribution is 5.47. The predicted molar refractivity (Wildman–Crippen MR) is 69.9 cm³/mol. The van der Waals surface area contributed by atoms with E-state index in [1.807, 2.05) is 31.2 Å². The van der Waals surface area contributed by atoms with Crippen LogP contribution in [-0.2, 0) is 12.7 Å². The van der Waals surface area contributed by atoms with E-state index < -0.39 is 11.7 Å². The van der Waals surface area contributed by atoms with Crippen molar-refractivity contribution in [3.05, 3.63) is 65.2 Å². The van der Waals surface area contributed by atoms with Crippen LogP contribution in [0.1, 0.15) is 16.7 Å². The summed E-state index contributed by atoms with van der Waals surface area (Å²) in [6.07, 6.45) is -4.30. The molecule has 4 heteroatoms. The summed E-state index contributed by atoms with van der Waals surface area (Å²) in [5.74, 6) is 0. The van der Waals surface area contributed by atoms with Crippen molar-refractivity contribution in [1.29, 1.82) is 0 Å². The van der Waals surface area contributed by atoms with Gasteiger partial charge in [-0.1, -0.05) is 35.9 Å². The van der Waals surface area contributed by atoms with E-state index in [9.17, 15) is 13.2 Å². The average molecular weight is 265 g/mol. The van der Waals surface area contributed by atoms with Gasteiger partial charge >= 0.3 is 6.18 Å². The van der Waals surface area contributed by atoms with Crippen molar-refractivity contribution >= 4 is 5.69 Å². The van der Waals surface area contributed by atoms with Gasteiger partial charge in [-0.25, -0.2) is 0 Å². The van der Waals surface area contributed by atoms with Crippen molar-refractivity contribution in [2.24, 2.45) is 0 Å². The first-order valence-electron chi connectivity index (χ1n) is 5.92. The Morgan fingerprint density at radius 2 is 1.74 bits per heavy atom. The summed E-state index contributed by atoms with van der Waals surface area (Å²) < 4.78 is 37.7. The van der Waals surface area contributed by atoms with Crippen molar-refractivity contribution in [1.82, 2.24) is 0 Å². The van der Waals surface area contributed by atoms with Crippen LogP contribution in [0.5, 0.6) is 0 Å². The molecule has 2 rings (SSSR count). The van der Waals surface area contributed by atoms with Crippen LogP contribution in [-0.4, -0.2) is 0 Å². The highest BCUT2D eigenvalue weighted by Crippen LogP contribution is 2.30. The molecule has 0 unspecified atom stereocenters. The van der Waals surface area contributed by atoms with Gasteiger partial charge in [0.1, 0.15) is 0 Å². The van der Waals surface area contributed by atoms with E-state index in [0.29, 0.717) is 12.2 Å². The first-order valence-corrected chi connectivity index (χ1v) is 5.92. The fourth-order valence-corrected chi connectivity index (χ4v) is 1.83. The Bertz CT molecular complexity index is 561. The minimum Gasteiger partial charge on any atom is -0.381 e. The fraction of sp³-hybridized carbons (Fsp3) is 0.200. The molecular weight excluding hydrogens is 251 g/mol. The summed E-state index contributed by atoms with van der Waals surface area (Å²) in [6, 6.07) is 13.1. The smallest absolute Gasteiger partial charge is 0.381 e. The van der Waals surface area contributed by atoms with Gasteiger partial charge in [0.25, 0.3) is 0 Å². The molecule has 2 aromatic rings. The molecular formula is C15H14F3N. The largest absolute Gasteiger partial charge is 0.416 e. The van der Waals surface area contributed by atoms with Gasteiger partial charge in [0.15, 0.2) is 0 Å². The van der Waals surface area contributed by atoms with E-state index in [-0.39, 0.29) is 0 Å². The third-order valence-corrected chi connectivity index (χ3v) is 2.77. The molecule has 100 valence electrons. The Morgan fingerprint density at radius 3 is 2.42 bits per heavy atom. The highest BCUT2D eigenvalue weighted by Gasteiger charge is 2.30. The lowest BCUT2D eigenvalue weighted by molar-refractivity contribution is -0.137. The molecule has 1 nitrogen and oxygen atoms in total. The molecule has 0 atom stereocenters. The summed E-state index contributed by atoms with van der Waals surface area (Å²) in [6.45, 7) is 2.48. The number of aryl methyl sites for hydroxylation is 1. The molecule has 0 saturated carbocycles. The zero-order valence-corrected chi connectivity index (χ0v) is 10.5. The lowest BCUT2D eigenvalue weighted by Crippen LogP contribution is -2.06. The molecule has 0 saturated heterocycles. The molecule has 0 radical (unpaired) electrons.